The van der Waals surface area contributed by atoms with Crippen molar-refractivity contribution in [3.05, 3.63) is 34.3 Å². The summed E-state index contributed by atoms with van der Waals surface area (Å²) in [7, 11) is 0. The Kier molecular flexibility index (Phi) is 3.99. The van der Waals surface area contributed by atoms with E-state index in [1.807, 2.05) is 6.07 Å². The summed E-state index contributed by atoms with van der Waals surface area (Å²) in [5, 5.41) is 0. The Bertz CT molecular complexity index is 564. The van der Waals surface area contributed by atoms with Gasteiger partial charge in [-0.05, 0) is 42.9 Å². The van der Waals surface area contributed by atoms with E-state index in [-0.39, 0.29) is 5.92 Å². The van der Waals surface area contributed by atoms with Crippen LogP contribution >= 0.6 is 15.9 Å². The van der Waals surface area contributed by atoms with Crippen LogP contribution in [0.5, 0.6) is 0 Å². The molecule has 1 aromatic carbocycles. The molecule has 2 atom stereocenters. The lowest BCUT2D eigenvalue weighted by molar-refractivity contribution is -0.135. The van der Waals surface area contributed by atoms with Crippen molar-refractivity contribution in [3.8, 4) is 0 Å². The molecule has 1 amide bonds. The van der Waals surface area contributed by atoms with Crippen molar-refractivity contribution in [2.24, 2.45) is 5.92 Å². The first-order chi connectivity index (χ1) is 10.7. The van der Waals surface area contributed by atoms with Crippen LogP contribution in [-0.4, -0.2) is 47.9 Å². The molecular formula is C18H23BrN2O. The van der Waals surface area contributed by atoms with Crippen molar-refractivity contribution >= 4 is 21.8 Å². The van der Waals surface area contributed by atoms with Crippen LogP contribution in [0, 0.1) is 5.92 Å². The van der Waals surface area contributed by atoms with Crippen molar-refractivity contribution in [2.75, 3.05) is 26.2 Å². The van der Waals surface area contributed by atoms with E-state index in [1.165, 1.54) is 24.8 Å². The van der Waals surface area contributed by atoms with Crippen LogP contribution in [0.15, 0.2) is 28.7 Å². The molecule has 2 aliphatic carbocycles. The minimum absolute atomic E-state index is 0.226. The molecule has 0 N–H and O–H groups in total. The van der Waals surface area contributed by atoms with Crippen molar-refractivity contribution in [1.82, 2.24) is 9.80 Å². The fourth-order valence-corrected chi connectivity index (χ4v) is 4.28. The van der Waals surface area contributed by atoms with Gasteiger partial charge in [-0.25, -0.2) is 0 Å². The minimum atomic E-state index is 0.226. The average molecular weight is 363 g/mol. The molecule has 22 heavy (non-hydrogen) atoms. The van der Waals surface area contributed by atoms with Crippen molar-refractivity contribution < 1.29 is 4.79 Å². The molecule has 1 saturated heterocycles. The monoisotopic (exact) mass is 362 g/mol. The number of carbonyl (C=O) groups is 1. The second kappa shape index (κ2) is 5.97. The molecule has 3 aliphatic rings. The number of benzene rings is 1. The van der Waals surface area contributed by atoms with Gasteiger partial charge in [-0.15, -0.1) is 0 Å². The van der Waals surface area contributed by atoms with E-state index >= 15 is 0 Å². The predicted molar refractivity (Wildman–Crippen MR) is 90.8 cm³/mol. The van der Waals surface area contributed by atoms with E-state index in [9.17, 15) is 4.79 Å². The number of amides is 1. The zero-order chi connectivity index (χ0) is 15.1. The van der Waals surface area contributed by atoms with Gasteiger partial charge in [-0.1, -0.05) is 34.5 Å². The second-order valence-corrected chi connectivity index (χ2v) is 7.87. The van der Waals surface area contributed by atoms with E-state index < -0.39 is 0 Å². The van der Waals surface area contributed by atoms with Crippen LogP contribution in [0.2, 0.25) is 0 Å². The smallest absolute Gasteiger partial charge is 0.226 e. The van der Waals surface area contributed by atoms with E-state index in [0.29, 0.717) is 11.8 Å². The van der Waals surface area contributed by atoms with Crippen molar-refractivity contribution in [2.45, 2.75) is 37.6 Å². The molecule has 0 unspecified atom stereocenters. The molecule has 3 fully saturated rings. The Balaban J connectivity index is 1.32. The lowest BCUT2D eigenvalue weighted by Gasteiger charge is -2.43. The largest absolute Gasteiger partial charge is 0.340 e. The average Bonchev–Trinajstić information content (AvgIpc) is 3.26. The summed E-state index contributed by atoms with van der Waals surface area (Å²) in [6, 6.07) is 9.23. The highest BCUT2D eigenvalue weighted by Crippen LogP contribution is 2.49. The standard InChI is InChI=1S/C18H23BrN2O/c19-14-4-1-3-13(11-14)16-12-17(16)18(22)21-9-7-20(8-10-21)15-5-2-6-15/h1,3-4,11,15-17H,2,5-10,12H2/t16-,17+/m0/s1. The molecule has 0 spiro atoms. The van der Waals surface area contributed by atoms with Gasteiger partial charge in [0.25, 0.3) is 0 Å². The minimum Gasteiger partial charge on any atom is -0.340 e. The quantitative estimate of drug-likeness (QED) is 0.823. The summed E-state index contributed by atoms with van der Waals surface area (Å²) in [4.78, 5) is 17.4. The maximum absolute atomic E-state index is 12.7. The first-order valence-electron chi connectivity index (χ1n) is 8.50. The lowest BCUT2D eigenvalue weighted by Crippen LogP contribution is -2.53. The van der Waals surface area contributed by atoms with Gasteiger partial charge in [-0.2, -0.15) is 0 Å². The zero-order valence-electron chi connectivity index (χ0n) is 12.9. The van der Waals surface area contributed by atoms with Gasteiger partial charge >= 0.3 is 0 Å². The predicted octanol–water partition coefficient (Wildman–Crippen LogP) is 3.25. The number of rotatable bonds is 3. The number of hydrogen-bond donors (Lipinski definition) is 0. The Morgan fingerprint density at radius 1 is 1.14 bits per heavy atom. The third-order valence-corrected chi connectivity index (χ3v) is 6.09. The van der Waals surface area contributed by atoms with Crippen molar-refractivity contribution in [3.63, 3.8) is 0 Å². The number of piperazine rings is 1. The third-order valence-electron chi connectivity index (χ3n) is 5.60. The first-order valence-corrected chi connectivity index (χ1v) is 9.30. The Hall–Kier alpha value is -0.870. The summed E-state index contributed by atoms with van der Waals surface area (Å²) in [5.41, 5.74) is 1.31. The van der Waals surface area contributed by atoms with Gasteiger partial charge in [0.1, 0.15) is 0 Å². The van der Waals surface area contributed by atoms with E-state index in [4.69, 9.17) is 0 Å². The molecule has 0 bridgehead atoms. The molecule has 4 heteroatoms. The molecule has 1 aliphatic heterocycles. The maximum atomic E-state index is 12.7. The molecule has 0 aromatic heterocycles. The first kappa shape index (κ1) is 14.7. The Morgan fingerprint density at radius 3 is 2.55 bits per heavy atom. The van der Waals surface area contributed by atoms with E-state index in [0.717, 1.165) is 43.1 Å². The zero-order valence-corrected chi connectivity index (χ0v) is 14.5. The van der Waals surface area contributed by atoms with Gasteiger partial charge in [0, 0.05) is 42.6 Å². The number of hydrogen-bond acceptors (Lipinski definition) is 2. The summed E-state index contributed by atoms with van der Waals surface area (Å²) >= 11 is 3.52. The van der Waals surface area contributed by atoms with Gasteiger partial charge in [0.15, 0.2) is 0 Å². The molecular weight excluding hydrogens is 340 g/mol. The molecule has 0 radical (unpaired) electrons. The highest BCUT2D eigenvalue weighted by atomic mass is 79.9. The number of halogens is 1. The molecule has 118 valence electrons. The summed E-state index contributed by atoms with van der Waals surface area (Å²) in [6.45, 7) is 4.00. The van der Waals surface area contributed by atoms with Crippen LogP contribution in [0.4, 0.5) is 0 Å². The summed E-state index contributed by atoms with van der Waals surface area (Å²) in [5.74, 6) is 1.05. The van der Waals surface area contributed by atoms with Crippen LogP contribution in [0.3, 0.4) is 0 Å². The fraction of sp³-hybridized carbons (Fsp3) is 0.611. The van der Waals surface area contributed by atoms with E-state index in [1.54, 1.807) is 0 Å². The second-order valence-electron chi connectivity index (χ2n) is 6.95. The van der Waals surface area contributed by atoms with E-state index in [2.05, 4.69) is 43.9 Å². The summed E-state index contributed by atoms with van der Waals surface area (Å²) in [6.07, 6.45) is 5.14. The summed E-state index contributed by atoms with van der Waals surface area (Å²) < 4.78 is 1.11. The SMILES string of the molecule is O=C([C@@H]1C[C@H]1c1cccc(Br)c1)N1CCN(C2CCC2)CC1. The van der Waals surface area contributed by atoms with Gasteiger partial charge in [0.05, 0.1) is 0 Å². The van der Waals surface area contributed by atoms with Crippen LogP contribution in [0.25, 0.3) is 0 Å². The Morgan fingerprint density at radius 2 is 1.91 bits per heavy atom. The van der Waals surface area contributed by atoms with Crippen LogP contribution < -0.4 is 0 Å². The Labute approximate surface area is 140 Å². The molecule has 2 saturated carbocycles. The van der Waals surface area contributed by atoms with Crippen LogP contribution in [0.1, 0.15) is 37.2 Å². The number of nitrogens with zero attached hydrogens (tertiary/aromatic N) is 2. The van der Waals surface area contributed by atoms with Crippen LogP contribution in [-0.2, 0) is 4.79 Å². The fourth-order valence-electron chi connectivity index (χ4n) is 3.87. The van der Waals surface area contributed by atoms with Crippen molar-refractivity contribution in [1.29, 1.82) is 0 Å². The third kappa shape index (κ3) is 2.83. The topological polar surface area (TPSA) is 23.6 Å². The maximum Gasteiger partial charge on any atom is 0.226 e. The van der Waals surface area contributed by atoms with Gasteiger partial charge in [-0.3, -0.25) is 9.69 Å². The molecule has 1 aromatic rings. The molecule has 4 rings (SSSR count). The van der Waals surface area contributed by atoms with Gasteiger partial charge in [0.2, 0.25) is 5.91 Å². The van der Waals surface area contributed by atoms with Gasteiger partial charge < -0.3 is 4.90 Å². The number of carbonyl (C=O) groups excluding carboxylic acids is 1. The highest BCUT2D eigenvalue weighted by molar-refractivity contribution is 9.10. The normalized spacial score (nSPS) is 29.2. The molecule has 1 heterocycles. The highest BCUT2D eigenvalue weighted by Gasteiger charge is 2.46. The lowest BCUT2D eigenvalue weighted by atomic mass is 9.91. The molecule has 3 nitrogen and oxygen atoms in total.